The third-order valence-corrected chi connectivity index (χ3v) is 5.25. The molecule has 154 valence electrons. The SMILES string of the molecule is CCOC(=O)N1CCC(NC(=O)CN2Cc3cc(Cl)ccc3O[C@@H](C)C2)CC1. The summed E-state index contributed by atoms with van der Waals surface area (Å²) < 4.78 is 11.0. The molecule has 8 heteroatoms. The molecule has 0 aliphatic carbocycles. The van der Waals surface area contributed by atoms with Crippen molar-refractivity contribution in [1.29, 1.82) is 0 Å². The summed E-state index contributed by atoms with van der Waals surface area (Å²) in [6.45, 7) is 6.97. The van der Waals surface area contributed by atoms with Crippen LogP contribution in [0.1, 0.15) is 32.3 Å². The number of ether oxygens (including phenoxy) is 2. The summed E-state index contributed by atoms with van der Waals surface area (Å²) in [5, 5.41) is 3.76. The largest absolute Gasteiger partial charge is 0.489 e. The third kappa shape index (κ3) is 5.52. The van der Waals surface area contributed by atoms with Crippen LogP contribution in [-0.4, -0.2) is 66.7 Å². The summed E-state index contributed by atoms with van der Waals surface area (Å²) in [6.07, 6.45) is 1.19. The van der Waals surface area contributed by atoms with E-state index in [1.54, 1.807) is 11.8 Å². The first-order chi connectivity index (χ1) is 13.4. The summed E-state index contributed by atoms with van der Waals surface area (Å²) in [7, 11) is 0. The number of piperidine rings is 1. The van der Waals surface area contributed by atoms with Crippen LogP contribution in [0.5, 0.6) is 5.75 Å². The normalized spacial score (nSPS) is 20.7. The Labute approximate surface area is 170 Å². The maximum Gasteiger partial charge on any atom is 0.409 e. The van der Waals surface area contributed by atoms with E-state index in [1.807, 2.05) is 25.1 Å². The first kappa shape index (κ1) is 20.7. The first-order valence-electron chi connectivity index (χ1n) is 9.83. The highest BCUT2D eigenvalue weighted by Gasteiger charge is 2.26. The van der Waals surface area contributed by atoms with Gasteiger partial charge >= 0.3 is 6.09 Å². The van der Waals surface area contributed by atoms with Gasteiger partial charge in [0.2, 0.25) is 5.91 Å². The van der Waals surface area contributed by atoms with E-state index in [-0.39, 0.29) is 24.1 Å². The highest BCUT2D eigenvalue weighted by Crippen LogP contribution is 2.27. The predicted molar refractivity (Wildman–Crippen MR) is 107 cm³/mol. The molecule has 28 heavy (non-hydrogen) atoms. The Kier molecular flexibility index (Phi) is 7.02. The van der Waals surface area contributed by atoms with E-state index < -0.39 is 0 Å². The number of amides is 2. The van der Waals surface area contributed by atoms with Gasteiger partial charge in [-0.3, -0.25) is 9.69 Å². The van der Waals surface area contributed by atoms with Crippen LogP contribution in [0.15, 0.2) is 18.2 Å². The molecule has 0 bridgehead atoms. The zero-order chi connectivity index (χ0) is 20.1. The molecule has 2 aliphatic rings. The molecule has 1 fully saturated rings. The van der Waals surface area contributed by atoms with Gasteiger partial charge in [0.25, 0.3) is 0 Å². The van der Waals surface area contributed by atoms with Crippen molar-refractivity contribution in [2.24, 2.45) is 0 Å². The second-order valence-corrected chi connectivity index (χ2v) is 7.81. The van der Waals surface area contributed by atoms with Gasteiger partial charge in [-0.1, -0.05) is 11.6 Å². The number of hydrogen-bond acceptors (Lipinski definition) is 5. The summed E-state index contributed by atoms with van der Waals surface area (Å²) in [5.41, 5.74) is 0.993. The Morgan fingerprint density at radius 3 is 2.79 bits per heavy atom. The lowest BCUT2D eigenvalue weighted by molar-refractivity contribution is -0.123. The molecular formula is C20H28ClN3O4. The molecule has 1 saturated heterocycles. The minimum absolute atomic E-state index is 0.00716. The number of carbonyl (C=O) groups is 2. The molecule has 1 aromatic rings. The van der Waals surface area contributed by atoms with Crippen LogP contribution >= 0.6 is 11.6 Å². The zero-order valence-corrected chi connectivity index (χ0v) is 17.2. The number of rotatable bonds is 4. The second kappa shape index (κ2) is 9.47. The summed E-state index contributed by atoms with van der Waals surface area (Å²) in [6, 6.07) is 5.68. The highest BCUT2D eigenvalue weighted by atomic mass is 35.5. The molecule has 2 heterocycles. The fraction of sp³-hybridized carbons (Fsp3) is 0.600. The van der Waals surface area contributed by atoms with Crippen molar-refractivity contribution in [3.63, 3.8) is 0 Å². The Bertz CT molecular complexity index is 707. The third-order valence-electron chi connectivity index (χ3n) is 5.01. The average Bonchev–Trinajstić information content (AvgIpc) is 2.79. The first-order valence-corrected chi connectivity index (χ1v) is 10.2. The number of carbonyl (C=O) groups excluding carboxylic acids is 2. The molecule has 0 spiro atoms. The molecule has 0 unspecified atom stereocenters. The molecule has 1 atom stereocenters. The van der Waals surface area contributed by atoms with Crippen molar-refractivity contribution in [3.8, 4) is 5.75 Å². The highest BCUT2D eigenvalue weighted by molar-refractivity contribution is 6.30. The average molecular weight is 410 g/mol. The Hall–Kier alpha value is -1.99. The molecular weight excluding hydrogens is 382 g/mol. The van der Waals surface area contributed by atoms with Crippen LogP contribution in [0.4, 0.5) is 4.79 Å². The van der Waals surface area contributed by atoms with E-state index >= 15 is 0 Å². The second-order valence-electron chi connectivity index (χ2n) is 7.38. The van der Waals surface area contributed by atoms with Gasteiger partial charge in [-0.15, -0.1) is 0 Å². The minimum atomic E-state index is -0.275. The van der Waals surface area contributed by atoms with E-state index in [1.165, 1.54) is 0 Å². The lowest BCUT2D eigenvalue weighted by Crippen LogP contribution is -2.49. The van der Waals surface area contributed by atoms with Crippen molar-refractivity contribution in [2.45, 2.75) is 45.4 Å². The fourth-order valence-corrected chi connectivity index (χ4v) is 3.92. The molecule has 2 amide bonds. The van der Waals surface area contributed by atoms with Crippen molar-refractivity contribution >= 4 is 23.6 Å². The van der Waals surface area contributed by atoms with Gasteiger partial charge in [-0.25, -0.2) is 4.79 Å². The van der Waals surface area contributed by atoms with E-state index in [0.717, 1.165) is 24.2 Å². The number of hydrogen-bond donors (Lipinski definition) is 1. The van der Waals surface area contributed by atoms with Gasteiger partial charge in [0.15, 0.2) is 0 Å². The number of halogens is 1. The van der Waals surface area contributed by atoms with E-state index in [9.17, 15) is 9.59 Å². The van der Waals surface area contributed by atoms with Gasteiger partial charge in [0.1, 0.15) is 11.9 Å². The number of nitrogens with one attached hydrogen (secondary N) is 1. The topological polar surface area (TPSA) is 71.1 Å². The number of benzene rings is 1. The van der Waals surface area contributed by atoms with E-state index in [4.69, 9.17) is 21.1 Å². The quantitative estimate of drug-likeness (QED) is 0.827. The fourth-order valence-electron chi connectivity index (χ4n) is 3.73. The standard InChI is InChI=1S/C20H28ClN3O4/c1-3-27-20(26)24-8-6-17(7-9-24)22-19(25)13-23-11-14(2)28-18-5-4-16(21)10-15(18)12-23/h4-5,10,14,17H,3,6-9,11-13H2,1-2H3,(H,22,25)/t14-/m0/s1. The number of nitrogens with zero attached hydrogens (tertiary/aromatic N) is 2. The van der Waals surface area contributed by atoms with Gasteiger partial charge < -0.3 is 19.7 Å². The van der Waals surface area contributed by atoms with Crippen molar-refractivity contribution < 1.29 is 19.1 Å². The van der Waals surface area contributed by atoms with Crippen LogP contribution in [0, 0.1) is 0 Å². The van der Waals surface area contributed by atoms with Crippen LogP contribution in [0.3, 0.4) is 0 Å². The smallest absolute Gasteiger partial charge is 0.409 e. The predicted octanol–water partition coefficient (Wildman–Crippen LogP) is 2.66. The molecule has 2 aliphatic heterocycles. The summed E-state index contributed by atoms with van der Waals surface area (Å²) in [5.74, 6) is 0.818. The van der Waals surface area contributed by atoms with Crippen molar-refractivity contribution in [3.05, 3.63) is 28.8 Å². The van der Waals surface area contributed by atoms with Crippen LogP contribution in [0.25, 0.3) is 0 Å². The van der Waals surface area contributed by atoms with Gasteiger partial charge in [-0.05, 0) is 44.9 Å². The number of likely N-dealkylation sites (tertiary alicyclic amines) is 1. The Morgan fingerprint density at radius 1 is 1.32 bits per heavy atom. The molecule has 7 nitrogen and oxygen atoms in total. The maximum absolute atomic E-state index is 12.6. The Morgan fingerprint density at radius 2 is 2.07 bits per heavy atom. The zero-order valence-electron chi connectivity index (χ0n) is 16.4. The van der Waals surface area contributed by atoms with Gasteiger partial charge in [0.05, 0.1) is 13.2 Å². The monoisotopic (exact) mass is 409 g/mol. The van der Waals surface area contributed by atoms with Crippen LogP contribution in [-0.2, 0) is 16.1 Å². The number of fused-ring (bicyclic) bond motifs is 1. The van der Waals surface area contributed by atoms with Gasteiger partial charge in [-0.2, -0.15) is 0 Å². The molecule has 1 aromatic carbocycles. The molecule has 1 N–H and O–H groups in total. The lowest BCUT2D eigenvalue weighted by atomic mass is 10.1. The van der Waals surface area contributed by atoms with E-state index in [0.29, 0.717) is 44.4 Å². The van der Waals surface area contributed by atoms with Crippen LogP contribution < -0.4 is 10.1 Å². The van der Waals surface area contributed by atoms with Crippen molar-refractivity contribution in [1.82, 2.24) is 15.1 Å². The van der Waals surface area contributed by atoms with Crippen molar-refractivity contribution in [2.75, 3.05) is 32.8 Å². The molecule has 0 aromatic heterocycles. The van der Waals surface area contributed by atoms with Gasteiger partial charge in [0, 0.05) is 42.8 Å². The molecule has 3 rings (SSSR count). The molecule has 0 radical (unpaired) electrons. The molecule has 0 saturated carbocycles. The minimum Gasteiger partial charge on any atom is -0.489 e. The Balaban J connectivity index is 1.50. The van der Waals surface area contributed by atoms with Crippen LogP contribution in [0.2, 0.25) is 5.02 Å². The summed E-state index contributed by atoms with van der Waals surface area (Å²) >= 11 is 6.11. The summed E-state index contributed by atoms with van der Waals surface area (Å²) in [4.78, 5) is 28.1. The lowest BCUT2D eigenvalue weighted by Gasteiger charge is -2.32. The van der Waals surface area contributed by atoms with E-state index in [2.05, 4.69) is 10.2 Å². The maximum atomic E-state index is 12.6.